The van der Waals surface area contributed by atoms with E-state index in [1.807, 2.05) is 0 Å². The predicted molar refractivity (Wildman–Crippen MR) is 15.8 cm³/mol. The molecule has 0 atom stereocenters. The minimum atomic E-state index is -0.274. The van der Waals surface area contributed by atoms with Crippen molar-refractivity contribution in [1.82, 2.24) is 0 Å². The Morgan fingerprint density at radius 3 is 2.33 bits per heavy atom. The summed E-state index contributed by atoms with van der Waals surface area (Å²) in [5, 5.41) is 16.5. The Balaban J connectivity index is 0. The van der Waals surface area contributed by atoms with Crippen LogP contribution in [0.2, 0.25) is 0 Å². The summed E-state index contributed by atoms with van der Waals surface area (Å²) in [5.74, 6) is -0.274. The van der Waals surface area contributed by atoms with Crippen LogP contribution in [0.3, 0.4) is 0 Å². The van der Waals surface area contributed by atoms with Crippen LogP contribution in [0.1, 0.15) is 0 Å². The molecule has 1 N–H and O–H groups in total. The number of rotatable bonds is 2. The normalized spacial score (nSPS) is 7.00. The molecule has 0 aliphatic heterocycles. The molecule has 0 rings (SSSR count). The smallest absolute Gasteiger partial charge is 0.710 e. The van der Waals surface area contributed by atoms with E-state index in [4.69, 9.17) is 10.4 Å². The molecule has 0 bridgehead atoms. The van der Waals surface area contributed by atoms with Gasteiger partial charge in [-0.3, -0.25) is 0 Å². The molecule has 5 heteroatoms. The van der Waals surface area contributed by atoms with Gasteiger partial charge in [0.2, 0.25) is 0 Å². The Morgan fingerprint density at radius 2 is 2.33 bits per heavy atom. The molecular weight excluding hydrogens is 115 g/mol. The Morgan fingerprint density at radius 1 is 1.83 bits per heavy atom. The average molecular weight is 118 g/mol. The van der Waals surface area contributed by atoms with E-state index in [2.05, 4.69) is 4.33 Å². The standard InChI is InChI=1S/CH4O3S.Na/c2-1-5-4-3;/h2-3H,1H2;/q;+1/p-1. The summed E-state index contributed by atoms with van der Waals surface area (Å²) in [6.45, 7) is 0. The minimum absolute atomic E-state index is 0. The SMILES string of the molecule is [Na+].[O-]OSCO. The van der Waals surface area contributed by atoms with E-state index in [1.165, 1.54) is 0 Å². The molecule has 0 aliphatic carbocycles. The first-order valence-electron chi connectivity index (χ1n) is 0.938. The van der Waals surface area contributed by atoms with Gasteiger partial charge >= 0.3 is 29.6 Å². The molecule has 3 nitrogen and oxygen atoms in total. The van der Waals surface area contributed by atoms with Crippen LogP contribution in [0.25, 0.3) is 0 Å². The Kier molecular flexibility index (Phi) is 16.3. The fourth-order valence-corrected chi connectivity index (χ4v) is 0.0645. The first-order valence-corrected chi connectivity index (χ1v) is 1.85. The molecule has 0 aromatic rings. The number of aliphatic hydroxyl groups excluding tert-OH is 1. The van der Waals surface area contributed by atoms with Gasteiger partial charge in [0, 0.05) is 12.0 Å². The third-order valence-corrected chi connectivity index (χ3v) is 0.302. The van der Waals surface area contributed by atoms with E-state index in [9.17, 15) is 0 Å². The second kappa shape index (κ2) is 9.52. The molecular formula is CH3NaO3S. The van der Waals surface area contributed by atoms with Gasteiger partial charge < -0.3 is 14.7 Å². The van der Waals surface area contributed by atoms with E-state index < -0.39 is 0 Å². The van der Waals surface area contributed by atoms with E-state index >= 15 is 0 Å². The Hall–Kier alpha value is 1.23. The monoisotopic (exact) mass is 118 g/mol. The van der Waals surface area contributed by atoms with E-state index in [-0.39, 0.29) is 35.5 Å². The van der Waals surface area contributed by atoms with Gasteiger partial charge in [-0.15, -0.1) is 0 Å². The maximum atomic E-state index is 8.83. The van der Waals surface area contributed by atoms with E-state index in [0.29, 0.717) is 12.0 Å². The number of hydrogen-bond acceptors (Lipinski definition) is 4. The van der Waals surface area contributed by atoms with Crippen molar-refractivity contribution in [3.05, 3.63) is 0 Å². The van der Waals surface area contributed by atoms with Crippen molar-refractivity contribution >= 4 is 12.0 Å². The molecule has 32 valence electrons. The van der Waals surface area contributed by atoms with Gasteiger partial charge in [-0.2, -0.15) is 0 Å². The average Bonchev–Trinajstić information content (AvgIpc) is 1.41. The van der Waals surface area contributed by atoms with Crippen molar-refractivity contribution in [3.8, 4) is 0 Å². The first kappa shape index (κ1) is 10.3. The number of hydrogen-bond donors (Lipinski definition) is 1. The molecule has 0 amide bonds. The van der Waals surface area contributed by atoms with Crippen LogP contribution in [0, 0.1) is 0 Å². The summed E-state index contributed by atoms with van der Waals surface area (Å²) in [6, 6.07) is 0. The second-order valence-electron chi connectivity index (χ2n) is 0.315. The van der Waals surface area contributed by atoms with Crippen LogP contribution in [-0.4, -0.2) is 11.0 Å². The van der Waals surface area contributed by atoms with Crippen LogP contribution in [0.5, 0.6) is 0 Å². The van der Waals surface area contributed by atoms with Crippen LogP contribution in [-0.2, 0) is 4.33 Å². The van der Waals surface area contributed by atoms with Crippen molar-refractivity contribution < 1.29 is 44.3 Å². The quantitative estimate of drug-likeness (QED) is 0.132. The molecule has 0 unspecified atom stereocenters. The zero-order chi connectivity index (χ0) is 4.12. The summed E-state index contributed by atoms with van der Waals surface area (Å²) in [4.78, 5) is 0. The van der Waals surface area contributed by atoms with Crippen molar-refractivity contribution in [2.75, 3.05) is 5.94 Å². The molecule has 0 heterocycles. The van der Waals surface area contributed by atoms with Gasteiger partial charge in [-0.05, 0) is 0 Å². The molecule has 0 radical (unpaired) electrons. The molecule has 0 spiro atoms. The van der Waals surface area contributed by atoms with Crippen LogP contribution < -0.4 is 34.8 Å². The number of aliphatic hydroxyl groups is 1. The van der Waals surface area contributed by atoms with Crippen molar-refractivity contribution in [1.29, 1.82) is 0 Å². The van der Waals surface area contributed by atoms with Crippen molar-refractivity contribution in [3.63, 3.8) is 0 Å². The maximum absolute atomic E-state index is 8.83. The zero-order valence-electron chi connectivity index (χ0n) is 3.38. The summed E-state index contributed by atoms with van der Waals surface area (Å²) in [7, 11) is 0. The largest absolute Gasteiger partial charge is 1.00 e. The molecule has 6 heavy (non-hydrogen) atoms. The fraction of sp³-hybridized carbons (Fsp3) is 1.00. The van der Waals surface area contributed by atoms with Gasteiger partial charge in [-0.25, -0.2) is 0 Å². The summed E-state index contributed by atoms with van der Waals surface area (Å²) in [5.41, 5.74) is 0. The molecule has 0 aliphatic rings. The van der Waals surface area contributed by atoms with Crippen molar-refractivity contribution in [2.45, 2.75) is 0 Å². The maximum Gasteiger partial charge on any atom is 1.00 e. The molecule has 0 aromatic heterocycles. The van der Waals surface area contributed by atoms with Crippen LogP contribution in [0.4, 0.5) is 0 Å². The predicted octanol–water partition coefficient (Wildman–Crippen LogP) is -4.12. The molecule has 0 saturated carbocycles. The van der Waals surface area contributed by atoms with E-state index in [0.717, 1.165) is 0 Å². The van der Waals surface area contributed by atoms with Crippen LogP contribution in [0.15, 0.2) is 0 Å². The third-order valence-electron chi connectivity index (χ3n) is 0.101. The summed E-state index contributed by atoms with van der Waals surface area (Å²) >= 11 is 0.463. The molecule has 0 fully saturated rings. The zero-order valence-corrected chi connectivity index (χ0v) is 6.20. The molecule has 0 aromatic carbocycles. The van der Waals surface area contributed by atoms with Crippen molar-refractivity contribution in [2.24, 2.45) is 0 Å². The third kappa shape index (κ3) is 8.97. The van der Waals surface area contributed by atoms with Gasteiger partial charge in [0.1, 0.15) is 5.94 Å². The van der Waals surface area contributed by atoms with Gasteiger partial charge in [0.05, 0.1) is 0 Å². The fourth-order valence-electron chi connectivity index (χ4n) is 0.0215. The Bertz CT molecular complexity index is 18.3. The van der Waals surface area contributed by atoms with Gasteiger partial charge in [0.25, 0.3) is 0 Å². The van der Waals surface area contributed by atoms with Crippen LogP contribution >= 0.6 is 12.0 Å². The summed E-state index contributed by atoms with van der Waals surface area (Å²) < 4.78 is 3.11. The molecule has 0 saturated heterocycles. The summed E-state index contributed by atoms with van der Waals surface area (Å²) in [6.07, 6.45) is 0. The van der Waals surface area contributed by atoms with Gasteiger partial charge in [-0.1, -0.05) is 0 Å². The first-order chi connectivity index (χ1) is 2.41. The minimum Gasteiger partial charge on any atom is -0.710 e. The van der Waals surface area contributed by atoms with Gasteiger partial charge in [0.15, 0.2) is 0 Å². The Labute approximate surface area is 62.1 Å². The topological polar surface area (TPSA) is 52.5 Å². The second-order valence-corrected chi connectivity index (χ2v) is 0.945. The van der Waals surface area contributed by atoms with E-state index in [1.54, 1.807) is 0 Å².